The number of aliphatic carboxylic acids is 1. The van der Waals surface area contributed by atoms with Crippen LogP contribution in [0.2, 0.25) is 0 Å². The van der Waals surface area contributed by atoms with Gasteiger partial charge < -0.3 is 20.5 Å². The Kier molecular flexibility index (Phi) is 5.91. The smallest absolute Gasteiger partial charge is 0.407 e. The SMILES string of the molecule is CC(C)[C@H](NC(=O)CC1(NC(=O)OCC2c3ccccc3-c3ccccc32)CC1)C(=O)O. The van der Waals surface area contributed by atoms with E-state index in [9.17, 15) is 19.5 Å². The molecule has 1 saturated carbocycles. The third kappa shape index (κ3) is 4.47. The van der Waals surface area contributed by atoms with E-state index in [1.165, 1.54) is 0 Å². The van der Waals surface area contributed by atoms with Crippen molar-refractivity contribution >= 4 is 18.0 Å². The molecule has 0 radical (unpaired) electrons. The molecule has 2 aliphatic carbocycles. The number of fused-ring (bicyclic) bond motifs is 3. The van der Waals surface area contributed by atoms with Crippen molar-refractivity contribution in [2.75, 3.05) is 6.61 Å². The number of hydrogen-bond acceptors (Lipinski definition) is 4. The van der Waals surface area contributed by atoms with Gasteiger partial charge in [-0.05, 0) is 41.0 Å². The third-order valence-corrected chi connectivity index (χ3v) is 6.31. The van der Waals surface area contributed by atoms with Crippen LogP contribution in [-0.4, -0.2) is 41.3 Å². The van der Waals surface area contributed by atoms with Crippen LogP contribution in [0.5, 0.6) is 0 Å². The quantitative estimate of drug-likeness (QED) is 0.586. The van der Waals surface area contributed by atoms with Gasteiger partial charge in [0.1, 0.15) is 12.6 Å². The molecule has 3 N–H and O–H groups in total. The Morgan fingerprint density at radius 2 is 1.59 bits per heavy atom. The normalized spacial score (nSPS) is 16.6. The predicted molar refractivity (Wildman–Crippen MR) is 119 cm³/mol. The number of benzene rings is 2. The summed E-state index contributed by atoms with van der Waals surface area (Å²) >= 11 is 0. The van der Waals surface area contributed by atoms with Gasteiger partial charge in [0.2, 0.25) is 5.91 Å². The topological polar surface area (TPSA) is 105 Å². The standard InChI is InChI=1S/C25H28N2O5/c1-15(2)22(23(29)30)26-21(28)13-25(11-12-25)27-24(31)32-14-20-18-9-5-3-7-16(18)17-8-4-6-10-19(17)20/h3-10,15,20,22H,11-14H2,1-2H3,(H,26,28)(H,27,31)(H,29,30)/t22-/m0/s1. The number of carbonyl (C=O) groups excluding carboxylic acids is 2. The molecule has 0 aromatic heterocycles. The van der Waals surface area contributed by atoms with Crippen molar-refractivity contribution in [2.45, 2.75) is 50.6 Å². The van der Waals surface area contributed by atoms with E-state index in [0.29, 0.717) is 12.8 Å². The van der Waals surface area contributed by atoms with Crippen LogP contribution in [0.1, 0.15) is 50.2 Å². The van der Waals surface area contributed by atoms with Crippen molar-refractivity contribution in [3.8, 4) is 11.1 Å². The van der Waals surface area contributed by atoms with E-state index in [2.05, 4.69) is 34.9 Å². The monoisotopic (exact) mass is 436 g/mol. The Balaban J connectivity index is 1.35. The van der Waals surface area contributed by atoms with Crippen LogP contribution < -0.4 is 10.6 Å². The summed E-state index contributed by atoms with van der Waals surface area (Å²) in [6.07, 6.45) is 0.790. The van der Waals surface area contributed by atoms with Crippen LogP contribution in [-0.2, 0) is 14.3 Å². The predicted octanol–water partition coefficient (Wildman–Crippen LogP) is 3.67. The number of carboxylic acid groups (broad SMARTS) is 1. The molecule has 0 spiro atoms. The van der Waals surface area contributed by atoms with E-state index in [1.54, 1.807) is 13.8 Å². The molecule has 168 valence electrons. The number of hydrogen-bond donors (Lipinski definition) is 3. The summed E-state index contributed by atoms with van der Waals surface area (Å²) in [6.45, 7) is 3.68. The summed E-state index contributed by atoms with van der Waals surface area (Å²) in [7, 11) is 0. The van der Waals surface area contributed by atoms with Gasteiger partial charge in [-0.2, -0.15) is 0 Å². The maximum Gasteiger partial charge on any atom is 0.407 e. The molecule has 7 nitrogen and oxygen atoms in total. The van der Waals surface area contributed by atoms with Crippen LogP contribution in [0.25, 0.3) is 11.1 Å². The van der Waals surface area contributed by atoms with Crippen molar-refractivity contribution in [1.29, 1.82) is 0 Å². The third-order valence-electron chi connectivity index (χ3n) is 6.31. The Bertz CT molecular complexity index is 999. The molecule has 2 aromatic carbocycles. The number of carboxylic acids is 1. The van der Waals surface area contributed by atoms with Crippen molar-refractivity contribution in [3.63, 3.8) is 0 Å². The van der Waals surface area contributed by atoms with Gasteiger partial charge in [0, 0.05) is 12.3 Å². The van der Waals surface area contributed by atoms with Crippen LogP contribution >= 0.6 is 0 Å². The van der Waals surface area contributed by atoms with Gasteiger partial charge in [0.05, 0.1) is 5.54 Å². The minimum Gasteiger partial charge on any atom is -0.480 e. The van der Waals surface area contributed by atoms with Gasteiger partial charge in [0.25, 0.3) is 0 Å². The number of amides is 2. The molecule has 2 amide bonds. The maximum atomic E-state index is 12.5. The molecule has 7 heteroatoms. The lowest BCUT2D eigenvalue weighted by atomic mass is 9.98. The zero-order chi connectivity index (χ0) is 22.9. The van der Waals surface area contributed by atoms with Gasteiger partial charge in [0.15, 0.2) is 0 Å². The lowest BCUT2D eigenvalue weighted by Crippen LogP contribution is -2.48. The fourth-order valence-electron chi connectivity index (χ4n) is 4.39. The fraction of sp³-hybridized carbons (Fsp3) is 0.400. The minimum absolute atomic E-state index is 0.0334. The summed E-state index contributed by atoms with van der Waals surface area (Å²) in [5.74, 6) is -1.72. The lowest BCUT2D eigenvalue weighted by Gasteiger charge is -2.22. The minimum atomic E-state index is -1.07. The van der Waals surface area contributed by atoms with Crippen LogP contribution in [0.3, 0.4) is 0 Å². The highest BCUT2D eigenvalue weighted by atomic mass is 16.5. The summed E-state index contributed by atoms with van der Waals surface area (Å²) < 4.78 is 5.58. The average Bonchev–Trinajstić information content (AvgIpc) is 3.42. The molecule has 2 aliphatic rings. The second kappa shape index (κ2) is 8.65. The van der Waals surface area contributed by atoms with E-state index in [1.807, 2.05) is 24.3 Å². The van der Waals surface area contributed by atoms with Gasteiger partial charge >= 0.3 is 12.1 Å². The van der Waals surface area contributed by atoms with Gasteiger partial charge in [-0.25, -0.2) is 9.59 Å². The Labute approximate surface area is 187 Å². The molecular formula is C25H28N2O5. The highest BCUT2D eigenvalue weighted by Gasteiger charge is 2.46. The summed E-state index contributed by atoms with van der Waals surface area (Å²) in [5.41, 5.74) is 3.93. The zero-order valence-corrected chi connectivity index (χ0v) is 18.3. The van der Waals surface area contributed by atoms with Crippen LogP contribution in [0, 0.1) is 5.92 Å². The van der Waals surface area contributed by atoms with Gasteiger partial charge in [-0.1, -0.05) is 62.4 Å². The molecule has 1 atom stereocenters. The Hall–Kier alpha value is -3.35. The highest BCUT2D eigenvalue weighted by molar-refractivity contribution is 5.85. The zero-order valence-electron chi connectivity index (χ0n) is 18.3. The summed E-state index contributed by atoms with van der Waals surface area (Å²) in [4.78, 5) is 36.2. The van der Waals surface area contributed by atoms with Crippen molar-refractivity contribution in [2.24, 2.45) is 5.92 Å². The van der Waals surface area contributed by atoms with Crippen LogP contribution in [0.15, 0.2) is 48.5 Å². The van der Waals surface area contributed by atoms with Crippen molar-refractivity contribution in [1.82, 2.24) is 10.6 Å². The average molecular weight is 437 g/mol. The molecule has 2 aromatic rings. The fourth-order valence-corrected chi connectivity index (χ4v) is 4.39. The molecule has 0 saturated heterocycles. The van der Waals surface area contributed by atoms with Crippen molar-refractivity contribution in [3.05, 3.63) is 59.7 Å². The first kappa shape index (κ1) is 21.9. The van der Waals surface area contributed by atoms with Gasteiger partial charge in [-0.15, -0.1) is 0 Å². The molecular weight excluding hydrogens is 408 g/mol. The molecule has 0 bridgehead atoms. The number of ether oxygens (including phenoxy) is 1. The Morgan fingerprint density at radius 3 is 2.09 bits per heavy atom. The van der Waals surface area contributed by atoms with E-state index < -0.39 is 23.6 Å². The lowest BCUT2D eigenvalue weighted by molar-refractivity contribution is -0.143. The summed E-state index contributed by atoms with van der Waals surface area (Å²) in [6, 6.07) is 15.3. The van der Waals surface area contributed by atoms with Crippen LogP contribution in [0.4, 0.5) is 4.79 Å². The first-order valence-corrected chi connectivity index (χ1v) is 10.9. The second-order valence-corrected chi connectivity index (χ2v) is 9.04. The number of nitrogens with one attached hydrogen (secondary N) is 2. The van der Waals surface area contributed by atoms with E-state index in [0.717, 1.165) is 22.3 Å². The highest BCUT2D eigenvalue weighted by Crippen LogP contribution is 2.44. The van der Waals surface area contributed by atoms with Crippen molar-refractivity contribution < 1.29 is 24.2 Å². The first-order valence-electron chi connectivity index (χ1n) is 10.9. The molecule has 1 fully saturated rings. The molecule has 0 unspecified atom stereocenters. The van der Waals surface area contributed by atoms with E-state index >= 15 is 0 Å². The molecule has 0 aliphatic heterocycles. The Morgan fingerprint density at radius 1 is 1.03 bits per heavy atom. The largest absolute Gasteiger partial charge is 0.480 e. The van der Waals surface area contributed by atoms with E-state index in [4.69, 9.17) is 4.74 Å². The molecule has 32 heavy (non-hydrogen) atoms. The number of alkyl carbamates (subject to hydrolysis) is 1. The first-order chi connectivity index (χ1) is 15.3. The molecule has 0 heterocycles. The number of carbonyl (C=O) groups is 3. The molecule has 4 rings (SSSR count). The van der Waals surface area contributed by atoms with Gasteiger partial charge in [-0.3, -0.25) is 4.79 Å². The maximum absolute atomic E-state index is 12.5. The van der Waals surface area contributed by atoms with E-state index in [-0.39, 0.29) is 30.8 Å². The number of rotatable bonds is 8. The second-order valence-electron chi connectivity index (χ2n) is 9.04. The summed E-state index contributed by atoms with van der Waals surface area (Å²) in [5, 5.41) is 14.6.